The second-order valence-corrected chi connectivity index (χ2v) is 4.51. The molecular weight excluding hydrogens is 250 g/mol. The van der Waals surface area contributed by atoms with Crippen LogP contribution in [0.15, 0.2) is 48.5 Å². The van der Waals surface area contributed by atoms with Gasteiger partial charge in [-0.2, -0.15) is 5.26 Å². The van der Waals surface area contributed by atoms with Gasteiger partial charge < -0.3 is 9.47 Å². The van der Waals surface area contributed by atoms with Crippen molar-refractivity contribution in [3.63, 3.8) is 0 Å². The second kappa shape index (κ2) is 6.63. The lowest BCUT2D eigenvalue weighted by atomic mass is 9.93. The lowest BCUT2D eigenvalue weighted by molar-refractivity contribution is 0.414. The molecular formula is C17H17NO2. The summed E-state index contributed by atoms with van der Waals surface area (Å²) >= 11 is 0. The second-order valence-electron chi connectivity index (χ2n) is 4.51. The van der Waals surface area contributed by atoms with Crippen LogP contribution in [0.25, 0.3) is 0 Å². The Kier molecular flexibility index (Phi) is 4.62. The largest absolute Gasteiger partial charge is 0.497 e. The summed E-state index contributed by atoms with van der Waals surface area (Å²) in [6.45, 7) is 0. The number of nitriles is 1. The molecule has 20 heavy (non-hydrogen) atoms. The van der Waals surface area contributed by atoms with Crippen LogP contribution in [0.5, 0.6) is 11.5 Å². The average Bonchev–Trinajstić information content (AvgIpc) is 2.53. The molecule has 102 valence electrons. The van der Waals surface area contributed by atoms with Gasteiger partial charge in [0.1, 0.15) is 11.5 Å². The fourth-order valence-electron chi connectivity index (χ4n) is 2.07. The van der Waals surface area contributed by atoms with Gasteiger partial charge in [0.2, 0.25) is 0 Å². The van der Waals surface area contributed by atoms with Gasteiger partial charge in [-0.25, -0.2) is 0 Å². The van der Waals surface area contributed by atoms with E-state index in [0.29, 0.717) is 6.42 Å². The first kappa shape index (κ1) is 14.0. The van der Waals surface area contributed by atoms with E-state index < -0.39 is 0 Å². The van der Waals surface area contributed by atoms with E-state index in [9.17, 15) is 5.26 Å². The maximum absolute atomic E-state index is 9.36. The van der Waals surface area contributed by atoms with Crippen molar-refractivity contribution in [3.8, 4) is 17.6 Å². The van der Waals surface area contributed by atoms with Crippen molar-refractivity contribution in [1.82, 2.24) is 0 Å². The molecule has 0 saturated carbocycles. The van der Waals surface area contributed by atoms with Gasteiger partial charge in [-0.15, -0.1) is 0 Å². The van der Waals surface area contributed by atoms with E-state index in [-0.39, 0.29) is 5.92 Å². The van der Waals surface area contributed by atoms with Gasteiger partial charge in [0.25, 0.3) is 0 Å². The Bertz CT molecular complexity index is 582. The van der Waals surface area contributed by atoms with Crippen molar-refractivity contribution in [2.75, 3.05) is 14.2 Å². The molecule has 0 aromatic heterocycles. The molecule has 0 aliphatic rings. The highest BCUT2D eigenvalue weighted by molar-refractivity contribution is 5.35. The van der Waals surface area contributed by atoms with Crippen LogP contribution in [0.2, 0.25) is 0 Å². The number of hydrogen-bond acceptors (Lipinski definition) is 3. The van der Waals surface area contributed by atoms with Crippen molar-refractivity contribution >= 4 is 0 Å². The first-order valence-electron chi connectivity index (χ1n) is 6.43. The predicted molar refractivity (Wildman–Crippen MR) is 78.0 cm³/mol. The third-order valence-electron chi connectivity index (χ3n) is 3.27. The van der Waals surface area contributed by atoms with Gasteiger partial charge in [-0.1, -0.05) is 24.3 Å². The summed E-state index contributed by atoms with van der Waals surface area (Å²) in [5.41, 5.74) is 2.12. The zero-order valence-corrected chi connectivity index (χ0v) is 11.7. The Labute approximate surface area is 119 Å². The summed E-state index contributed by atoms with van der Waals surface area (Å²) < 4.78 is 10.3. The van der Waals surface area contributed by atoms with Gasteiger partial charge in [0.15, 0.2) is 0 Å². The van der Waals surface area contributed by atoms with Crippen LogP contribution in [0.4, 0.5) is 0 Å². The number of benzene rings is 2. The van der Waals surface area contributed by atoms with Crippen LogP contribution in [0, 0.1) is 11.3 Å². The Morgan fingerprint density at radius 1 is 0.900 bits per heavy atom. The van der Waals surface area contributed by atoms with Crippen LogP contribution in [-0.2, 0) is 6.42 Å². The Hall–Kier alpha value is -2.47. The molecule has 0 fully saturated rings. The SMILES string of the molecule is COc1ccc(C[C@@H](C#N)c2ccc(OC)cc2)cc1. The van der Waals surface area contributed by atoms with Gasteiger partial charge >= 0.3 is 0 Å². The number of ether oxygens (including phenoxy) is 2. The summed E-state index contributed by atoms with van der Waals surface area (Å²) in [4.78, 5) is 0. The maximum Gasteiger partial charge on any atom is 0.118 e. The van der Waals surface area contributed by atoms with Crippen LogP contribution < -0.4 is 9.47 Å². The van der Waals surface area contributed by atoms with E-state index in [1.807, 2.05) is 48.5 Å². The highest BCUT2D eigenvalue weighted by atomic mass is 16.5. The number of hydrogen-bond donors (Lipinski definition) is 0. The minimum Gasteiger partial charge on any atom is -0.497 e. The van der Waals surface area contributed by atoms with E-state index in [1.165, 1.54) is 0 Å². The molecule has 0 saturated heterocycles. The van der Waals surface area contributed by atoms with Crippen LogP contribution in [0.1, 0.15) is 17.0 Å². The summed E-state index contributed by atoms with van der Waals surface area (Å²) in [5.74, 6) is 1.47. The molecule has 2 aromatic rings. The lowest BCUT2D eigenvalue weighted by Crippen LogP contribution is -2.00. The Morgan fingerprint density at radius 2 is 1.40 bits per heavy atom. The number of rotatable bonds is 5. The molecule has 0 unspecified atom stereocenters. The molecule has 0 bridgehead atoms. The van der Waals surface area contributed by atoms with Crippen molar-refractivity contribution in [2.45, 2.75) is 12.3 Å². The zero-order chi connectivity index (χ0) is 14.4. The van der Waals surface area contributed by atoms with E-state index in [0.717, 1.165) is 22.6 Å². The number of methoxy groups -OCH3 is 2. The lowest BCUT2D eigenvalue weighted by Gasteiger charge is -2.11. The Morgan fingerprint density at radius 3 is 1.85 bits per heavy atom. The highest BCUT2D eigenvalue weighted by Crippen LogP contribution is 2.23. The smallest absolute Gasteiger partial charge is 0.118 e. The molecule has 0 N–H and O–H groups in total. The first-order valence-corrected chi connectivity index (χ1v) is 6.43. The van der Waals surface area contributed by atoms with Crippen LogP contribution in [0.3, 0.4) is 0 Å². The third-order valence-corrected chi connectivity index (χ3v) is 3.27. The highest BCUT2D eigenvalue weighted by Gasteiger charge is 2.11. The van der Waals surface area contributed by atoms with Crippen LogP contribution in [-0.4, -0.2) is 14.2 Å². The molecule has 0 aliphatic heterocycles. The van der Waals surface area contributed by atoms with E-state index in [2.05, 4.69) is 6.07 Å². The topological polar surface area (TPSA) is 42.2 Å². The third kappa shape index (κ3) is 3.30. The summed E-state index contributed by atoms with van der Waals surface area (Å²) in [5, 5.41) is 9.36. The molecule has 2 rings (SSSR count). The molecule has 2 aromatic carbocycles. The summed E-state index contributed by atoms with van der Waals surface area (Å²) in [7, 11) is 3.28. The average molecular weight is 267 g/mol. The van der Waals surface area contributed by atoms with E-state index in [4.69, 9.17) is 9.47 Å². The Balaban J connectivity index is 2.13. The molecule has 0 heterocycles. The molecule has 0 spiro atoms. The standard InChI is InChI=1S/C17H17NO2/c1-19-16-7-3-13(4-8-16)11-15(12-18)14-5-9-17(20-2)10-6-14/h3-10,15H,11H2,1-2H3/t15-/m0/s1. The molecule has 3 nitrogen and oxygen atoms in total. The van der Waals surface area contributed by atoms with Gasteiger partial charge in [0, 0.05) is 0 Å². The molecule has 0 aliphatic carbocycles. The van der Waals surface area contributed by atoms with Crippen molar-refractivity contribution in [3.05, 3.63) is 59.7 Å². The van der Waals surface area contributed by atoms with Crippen LogP contribution >= 0.6 is 0 Å². The minimum absolute atomic E-state index is 0.158. The fraction of sp³-hybridized carbons (Fsp3) is 0.235. The molecule has 0 radical (unpaired) electrons. The minimum atomic E-state index is -0.158. The maximum atomic E-state index is 9.36. The summed E-state index contributed by atoms with van der Waals surface area (Å²) in [6.07, 6.45) is 0.687. The normalized spacial score (nSPS) is 11.4. The predicted octanol–water partition coefficient (Wildman–Crippen LogP) is 3.55. The van der Waals surface area contributed by atoms with Gasteiger partial charge in [0.05, 0.1) is 26.2 Å². The number of nitrogens with zero attached hydrogens (tertiary/aromatic N) is 1. The first-order chi connectivity index (χ1) is 9.76. The quantitative estimate of drug-likeness (QED) is 0.832. The van der Waals surface area contributed by atoms with Gasteiger partial charge in [-0.3, -0.25) is 0 Å². The van der Waals surface area contributed by atoms with E-state index >= 15 is 0 Å². The monoisotopic (exact) mass is 267 g/mol. The molecule has 0 amide bonds. The van der Waals surface area contributed by atoms with Crippen molar-refractivity contribution in [1.29, 1.82) is 5.26 Å². The van der Waals surface area contributed by atoms with Crippen molar-refractivity contribution < 1.29 is 9.47 Å². The fourth-order valence-corrected chi connectivity index (χ4v) is 2.07. The zero-order valence-electron chi connectivity index (χ0n) is 11.7. The van der Waals surface area contributed by atoms with Crippen molar-refractivity contribution in [2.24, 2.45) is 0 Å². The van der Waals surface area contributed by atoms with Gasteiger partial charge in [-0.05, 0) is 41.8 Å². The van der Waals surface area contributed by atoms with E-state index in [1.54, 1.807) is 14.2 Å². The molecule has 1 atom stereocenters. The molecule has 3 heteroatoms. The summed E-state index contributed by atoms with van der Waals surface area (Å²) in [6, 6.07) is 17.8.